The topological polar surface area (TPSA) is 95.8 Å². The molecule has 0 aliphatic carbocycles. The predicted molar refractivity (Wildman–Crippen MR) is 92.5 cm³/mol. The van der Waals surface area contributed by atoms with Crippen molar-refractivity contribution in [2.75, 3.05) is 32.7 Å². The molecule has 0 atom stereocenters. The lowest BCUT2D eigenvalue weighted by atomic mass is 10.2. The van der Waals surface area contributed by atoms with Crippen LogP contribution in [0.25, 0.3) is 0 Å². The Kier molecular flexibility index (Phi) is 5.31. The van der Waals surface area contributed by atoms with Gasteiger partial charge in [0.05, 0.1) is 6.54 Å². The summed E-state index contributed by atoms with van der Waals surface area (Å²) in [6, 6.07) is 10.3. The van der Waals surface area contributed by atoms with Crippen molar-refractivity contribution >= 4 is 17.7 Å². The minimum Gasteiger partial charge on any atom is -0.361 e. The summed E-state index contributed by atoms with van der Waals surface area (Å²) in [6.07, 6.45) is 0. The minimum absolute atomic E-state index is 0.0653. The molecule has 8 nitrogen and oxygen atoms in total. The van der Waals surface area contributed by atoms with Crippen molar-refractivity contribution < 1.29 is 18.9 Å². The molecule has 26 heavy (non-hydrogen) atoms. The molecule has 1 N–H and O–H groups in total. The van der Waals surface area contributed by atoms with E-state index in [1.807, 2.05) is 6.07 Å². The average Bonchev–Trinajstić information content (AvgIpc) is 3.12. The Labute approximate surface area is 150 Å². The van der Waals surface area contributed by atoms with E-state index in [2.05, 4.69) is 10.5 Å². The third-order valence-corrected chi connectivity index (χ3v) is 4.20. The van der Waals surface area contributed by atoms with Gasteiger partial charge in [-0.1, -0.05) is 23.4 Å². The van der Waals surface area contributed by atoms with Crippen molar-refractivity contribution in [1.82, 2.24) is 20.3 Å². The fourth-order valence-electron chi connectivity index (χ4n) is 2.75. The number of nitrogens with zero attached hydrogens (tertiary/aromatic N) is 3. The highest BCUT2D eigenvalue weighted by atomic mass is 16.5. The first-order valence-corrected chi connectivity index (χ1v) is 8.38. The van der Waals surface area contributed by atoms with Crippen LogP contribution in [0.1, 0.15) is 26.6 Å². The molecule has 3 amide bonds. The quantitative estimate of drug-likeness (QED) is 0.870. The maximum Gasteiger partial charge on any atom is 0.276 e. The van der Waals surface area contributed by atoms with Crippen LogP contribution in [0, 0.1) is 6.92 Å². The van der Waals surface area contributed by atoms with Crippen molar-refractivity contribution in [3.05, 3.63) is 53.4 Å². The van der Waals surface area contributed by atoms with Gasteiger partial charge in [0.25, 0.3) is 11.8 Å². The molecule has 0 spiro atoms. The number of aromatic nitrogens is 1. The lowest BCUT2D eigenvalue weighted by Gasteiger charge is -2.34. The summed E-state index contributed by atoms with van der Waals surface area (Å²) in [5, 5.41) is 6.35. The summed E-state index contributed by atoms with van der Waals surface area (Å²) in [5.41, 5.74) is 0.788. The minimum atomic E-state index is -0.283. The largest absolute Gasteiger partial charge is 0.361 e. The molecular formula is C18H20N4O4. The zero-order chi connectivity index (χ0) is 18.5. The lowest BCUT2D eigenvalue weighted by molar-refractivity contribution is -0.131. The molecule has 1 aliphatic rings. The molecule has 1 aromatic heterocycles. The number of hydrogen-bond acceptors (Lipinski definition) is 5. The second kappa shape index (κ2) is 7.81. The molecule has 1 aromatic carbocycles. The SMILES string of the molecule is Cc1cc(C(=O)N2CCN(C(=O)CNC(=O)c3ccccc3)CC2)no1. The van der Waals surface area contributed by atoms with Crippen LogP contribution in [-0.4, -0.2) is 65.4 Å². The molecule has 3 rings (SSSR count). The number of benzene rings is 1. The van der Waals surface area contributed by atoms with Crippen molar-refractivity contribution in [2.45, 2.75) is 6.92 Å². The fourth-order valence-corrected chi connectivity index (χ4v) is 2.75. The van der Waals surface area contributed by atoms with Crippen LogP contribution >= 0.6 is 0 Å². The zero-order valence-corrected chi connectivity index (χ0v) is 14.5. The zero-order valence-electron chi connectivity index (χ0n) is 14.5. The number of hydrogen-bond donors (Lipinski definition) is 1. The third-order valence-electron chi connectivity index (χ3n) is 4.20. The number of carbonyl (C=O) groups excluding carboxylic acids is 3. The van der Waals surface area contributed by atoms with Gasteiger partial charge in [0.1, 0.15) is 5.76 Å². The number of nitrogens with one attached hydrogen (secondary N) is 1. The van der Waals surface area contributed by atoms with Gasteiger partial charge in [-0.05, 0) is 19.1 Å². The molecule has 0 bridgehead atoms. The highest BCUT2D eigenvalue weighted by Crippen LogP contribution is 2.09. The maximum absolute atomic E-state index is 12.3. The summed E-state index contributed by atoms with van der Waals surface area (Å²) in [4.78, 5) is 39.8. The number of carbonyl (C=O) groups is 3. The first-order valence-electron chi connectivity index (χ1n) is 8.38. The van der Waals surface area contributed by atoms with Gasteiger partial charge in [0.2, 0.25) is 5.91 Å². The van der Waals surface area contributed by atoms with Crippen LogP contribution in [0.5, 0.6) is 0 Å². The van der Waals surface area contributed by atoms with E-state index in [1.54, 1.807) is 47.1 Å². The Morgan fingerprint density at radius 2 is 1.73 bits per heavy atom. The van der Waals surface area contributed by atoms with Gasteiger partial charge >= 0.3 is 0 Å². The monoisotopic (exact) mass is 356 g/mol. The molecule has 136 valence electrons. The molecule has 2 aromatic rings. The molecule has 1 fully saturated rings. The summed E-state index contributed by atoms with van der Waals surface area (Å²) >= 11 is 0. The van der Waals surface area contributed by atoms with Crippen molar-refractivity contribution in [2.24, 2.45) is 0 Å². The standard InChI is InChI=1S/C18H20N4O4/c1-13-11-15(20-26-13)18(25)22-9-7-21(8-10-22)16(23)12-19-17(24)14-5-3-2-4-6-14/h2-6,11H,7-10,12H2,1H3,(H,19,24). The molecule has 8 heteroatoms. The third kappa shape index (κ3) is 4.08. The maximum atomic E-state index is 12.3. The van der Waals surface area contributed by atoms with Gasteiger partial charge in [0, 0.05) is 37.8 Å². The number of aryl methyl sites for hydroxylation is 1. The smallest absolute Gasteiger partial charge is 0.276 e. The van der Waals surface area contributed by atoms with E-state index in [0.717, 1.165) is 0 Å². The summed E-state index contributed by atoms with van der Waals surface area (Å²) < 4.78 is 4.92. The van der Waals surface area contributed by atoms with Gasteiger partial charge in [0.15, 0.2) is 5.69 Å². The Bertz CT molecular complexity index is 795. The van der Waals surface area contributed by atoms with E-state index >= 15 is 0 Å². The highest BCUT2D eigenvalue weighted by molar-refractivity contribution is 5.96. The van der Waals surface area contributed by atoms with Crippen LogP contribution in [0.4, 0.5) is 0 Å². The molecule has 1 aliphatic heterocycles. The molecule has 2 heterocycles. The van der Waals surface area contributed by atoms with Crippen LogP contribution in [-0.2, 0) is 4.79 Å². The van der Waals surface area contributed by atoms with Gasteiger partial charge in [-0.3, -0.25) is 14.4 Å². The summed E-state index contributed by atoms with van der Waals surface area (Å²) in [7, 11) is 0. The number of rotatable bonds is 4. The second-order valence-electron chi connectivity index (χ2n) is 6.04. The second-order valence-corrected chi connectivity index (χ2v) is 6.04. The van der Waals surface area contributed by atoms with E-state index in [9.17, 15) is 14.4 Å². The highest BCUT2D eigenvalue weighted by Gasteiger charge is 2.26. The van der Waals surface area contributed by atoms with E-state index in [0.29, 0.717) is 37.5 Å². The van der Waals surface area contributed by atoms with Crippen molar-refractivity contribution in [3.8, 4) is 0 Å². The van der Waals surface area contributed by atoms with Crippen molar-refractivity contribution in [3.63, 3.8) is 0 Å². The van der Waals surface area contributed by atoms with Crippen LogP contribution < -0.4 is 5.32 Å². The number of piperazine rings is 1. The Balaban J connectivity index is 1.46. The van der Waals surface area contributed by atoms with Gasteiger partial charge in [-0.25, -0.2) is 0 Å². The average molecular weight is 356 g/mol. The van der Waals surface area contributed by atoms with Crippen LogP contribution in [0.3, 0.4) is 0 Å². The normalized spacial score (nSPS) is 14.2. The van der Waals surface area contributed by atoms with Gasteiger partial charge in [-0.15, -0.1) is 0 Å². The molecular weight excluding hydrogens is 336 g/mol. The fraction of sp³-hybridized carbons (Fsp3) is 0.333. The first kappa shape index (κ1) is 17.7. The first-order chi connectivity index (χ1) is 12.5. The van der Waals surface area contributed by atoms with Crippen LogP contribution in [0.15, 0.2) is 40.9 Å². The van der Waals surface area contributed by atoms with E-state index in [1.165, 1.54) is 0 Å². The van der Waals surface area contributed by atoms with Crippen LogP contribution in [0.2, 0.25) is 0 Å². The van der Waals surface area contributed by atoms with Gasteiger partial charge < -0.3 is 19.6 Å². The van der Waals surface area contributed by atoms with E-state index in [4.69, 9.17) is 4.52 Å². The Morgan fingerprint density at radius 3 is 2.35 bits per heavy atom. The lowest BCUT2D eigenvalue weighted by Crippen LogP contribution is -2.52. The predicted octanol–water partition coefficient (Wildman–Crippen LogP) is 0.697. The van der Waals surface area contributed by atoms with Crippen molar-refractivity contribution in [1.29, 1.82) is 0 Å². The molecule has 0 saturated carbocycles. The summed E-state index contributed by atoms with van der Waals surface area (Å²) in [6.45, 7) is 3.34. The number of amides is 3. The molecule has 0 radical (unpaired) electrons. The molecule has 1 saturated heterocycles. The van der Waals surface area contributed by atoms with E-state index < -0.39 is 0 Å². The van der Waals surface area contributed by atoms with E-state index in [-0.39, 0.29) is 30.0 Å². The van der Waals surface area contributed by atoms with Gasteiger partial charge in [-0.2, -0.15) is 0 Å². The Morgan fingerprint density at radius 1 is 1.08 bits per heavy atom. The Hall–Kier alpha value is -3.16. The summed E-state index contributed by atoms with van der Waals surface area (Å²) in [5.74, 6) is -0.0736. The molecule has 0 unspecified atom stereocenters.